The van der Waals surface area contributed by atoms with Crippen LogP contribution in [0.3, 0.4) is 0 Å². The van der Waals surface area contributed by atoms with Crippen molar-refractivity contribution in [3.05, 3.63) is 26.0 Å². The number of aryl methyl sites for hydroxylation is 2. The van der Waals surface area contributed by atoms with Crippen LogP contribution in [0, 0.1) is 25.7 Å². The molecule has 2 fully saturated rings. The second-order valence-corrected chi connectivity index (χ2v) is 7.61. The molecule has 2 N–H and O–H groups in total. The van der Waals surface area contributed by atoms with E-state index in [2.05, 4.69) is 16.1 Å². The molecule has 4 rings (SSSR count). The van der Waals surface area contributed by atoms with E-state index in [1.165, 1.54) is 24.0 Å². The number of aromatic nitrogens is 1. The molecule has 1 aliphatic carbocycles. The van der Waals surface area contributed by atoms with Crippen LogP contribution in [-0.2, 0) is 0 Å². The van der Waals surface area contributed by atoms with Crippen molar-refractivity contribution in [2.24, 2.45) is 17.6 Å². The molecule has 1 saturated carbocycles. The van der Waals surface area contributed by atoms with Gasteiger partial charge in [0.05, 0.1) is 15.2 Å². The van der Waals surface area contributed by atoms with Crippen LogP contribution in [0.2, 0.25) is 5.02 Å². The highest BCUT2D eigenvalue weighted by Crippen LogP contribution is 2.44. The van der Waals surface area contributed by atoms with Gasteiger partial charge in [0.25, 0.3) is 0 Å². The molecule has 5 heteroatoms. The molecule has 2 aromatic heterocycles. The van der Waals surface area contributed by atoms with Gasteiger partial charge in [0.2, 0.25) is 0 Å². The summed E-state index contributed by atoms with van der Waals surface area (Å²) < 4.78 is 1.20. The molecule has 2 aromatic rings. The standard InChI is InChI=1S/C16H18ClN3S/c1-8-14-12(4-18)13(7-20-5-10-3-11(10)6-20)21-16(14)19-9(2)15(8)17/h4,7,10-11H,3,5-6,18H2,1-2H3/b12-4+,13-7-. The summed E-state index contributed by atoms with van der Waals surface area (Å²) in [7, 11) is 0. The maximum atomic E-state index is 6.36. The minimum Gasteiger partial charge on any atom is -0.404 e. The summed E-state index contributed by atoms with van der Waals surface area (Å²) >= 11 is 8.07. The maximum absolute atomic E-state index is 6.36. The fourth-order valence-corrected chi connectivity index (χ4v) is 4.81. The van der Waals surface area contributed by atoms with Crippen LogP contribution in [0.25, 0.3) is 22.6 Å². The quantitative estimate of drug-likeness (QED) is 0.873. The molecule has 21 heavy (non-hydrogen) atoms. The highest BCUT2D eigenvalue weighted by atomic mass is 35.5. The van der Waals surface area contributed by atoms with Crippen LogP contribution < -0.4 is 15.5 Å². The Labute approximate surface area is 132 Å². The third-order valence-electron chi connectivity index (χ3n) is 4.72. The van der Waals surface area contributed by atoms with Gasteiger partial charge in [-0.25, -0.2) is 4.98 Å². The number of likely N-dealkylation sites (tertiary alicyclic amines) is 1. The zero-order chi connectivity index (χ0) is 14.7. The smallest absolute Gasteiger partial charge is 0.125 e. The lowest BCUT2D eigenvalue weighted by Gasteiger charge is -2.13. The van der Waals surface area contributed by atoms with Gasteiger partial charge < -0.3 is 10.6 Å². The van der Waals surface area contributed by atoms with Crippen molar-refractivity contribution in [1.82, 2.24) is 9.88 Å². The van der Waals surface area contributed by atoms with Crippen LogP contribution in [0.5, 0.6) is 0 Å². The number of nitrogens with zero attached hydrogens (tertiary/aromatic N) is 2. The number of piperidine rings is 1. The van der Waals surface area contributed by atoms with Crippen molar-refractivity contribution >= 4 is 45.6 Å². The van der Waals surface area contributed by atoms with Gasteiger partial charge in [-0.3, -0.25) is 0 Å². The van der Waals surface area contributed by atoms with Crippen molar-refractivity contribution < 1.29 is 0 Å². The van der Waals surface area contributed by atoms with E-state index in [-0.39, 0.29) is 0 Å². The van der Waals surface area contributed by atoms with E-state index in [1.54, 1.807) is 17.5 Å². The topological polar surface area (TPSA) is 42.2 Å². The lowest BCUT2D eigenvalue weighted by Crippen LogP contribution is -2.27. The molecule has 0 radical (unpaired) electrons. The number of hydrogen-bond acceptors (Lipinski definition) is 4. The lowest BCUT2D eigenvalue weighted by molar-refractivity contribution is 0.454. The van der Waals surface area contributed by atoms with Crippen molar-refractivity contribution in [2.45, 2.75) is 20.3 Å². The molecule has 1 aliphatic heterocycles. The molecule has 110 valence electrons. The molecule has 0 bridgehead atoms. The molecule has 3 heterocycles. The van der Waals surface area contributed by atoms with Crippen LogP contribution in [-0.4, -0.2) is 23.0 Å². The van der Waals surface area contributed by atoms with E-state index in [9.17, 15) is 0 Å². The molecule has 2 aliphatic rings. The second kappa shape index (κ2) is 4.62. The Bertz CT molecular complexity index is 845. The SMILES string of the molecule is Cc1nc2sc(=C\N3CC4CC4C3)/c(=C\N)c2c(C)c1Cl. The number of pyridine rings is 1. The lowest BCUT2D eigenvalue weighted by atomic mass is 10.1. The number of nitrogens with two attached hydrogens (primary N) is 1. The van der Waals surface area contributed by atoms with E-state index in [0.29, 0.717) is 0 Å². The summed E-state index contributed by atoms with van der Waals surface area (Å²) in [5.41, 5.74) is 7.87. The first kappa shape index (κ1) is 13.4. The van der Waals surface area contributed by atoms with E-state index in [4.69, 9.17) is 17.3 Å². The van der Waals surface area contributed by atoms with Crippen molar-refractivity contribution in [1.29, 1.82) is 0 Å². The predicted octanol–water partition coefficient (Wildman–Crippen LogP) is 1.95. The summed E-state index contributed by atoms with van der Waals surface area (Å²) in [6.07, 6.45) is 5.38. The fourth-order valence-electron chi connectivity index (χ4n) is 3.44. The van der Waals surface area contributed by atoms with Gasteiger partial charge in [-0.05, 0) is 37.7 Å². The minimum atomic E-state index is 0.748. The molecule has 0 aromatic carbocycles. The number of rotatable bonds is 1. The van der Waals surface area contributed by atoms with E-state index >= 15 is 0 Å². The van der Waals surface area contributed by atoms with E-state index < -0.39 is 0 Å². The van der Waals surface area contributed by atoms with Crippen molar-refractivity contribution in [3.63, 3.8) is 0 Å². The molecular formula is C16H18ClN3S. The summed E-state index contributed by atoms with van der Waals surface area (Å²) in [6, 6.07) is 0. The molecular weight excluding hydrogens is 302 g/mol. The van der Waals surface area contributed by atoms with Crippen molar-refractivity contribution in [2.75, 3.05) is 13.1 Å². The Morgan fingerprint density at radius 2 is 2.05 bits per heavy atom. The van der Waals surface area contributed by atoms with Gasteiger partial charge in [0.1, 0.15) is 4.83 Å². The third kappa shape index (κ3) is 2.04. The summed E-state index contributed by atoms with van der Waals surface area (Å²) in [5, 5.41) is 2.92. The molecule has 1 saturated heterocycles. The molecule has 2 unspecified atom stereocenters. The maximum Gasteiger partial charge on any atom is 0.125 e. The molecule has 0 amide bonds. The zero-order valence-corrected chi connectivity index (χ0v) is 13.8. The highest BCUT2D eigenvalue weighted by Gasteiger charge is 2.44. The molecule has 3 nitrogen and oxygen atoms in total. The van der Waals surface area contributed by atoms with Gasteiger partial charge in [0.15, 0.2) is 0 Å². The normalized spacial score (nSPS) is 26.0. The zero-order valence-electron chi connectivity index (χ0n) is 12.2. The second-order valence-electron chi connectivity index (χ2n) is 6.20. The van der Waals surface area contributed by atoms with Crippen LogP contribution in [0.4, 0.5) is 0 Å². The van der Waals surface area contributed by atoms with Crippen LogP contribution in [0.15, 0.2) is 0 Å². The fraction of sp³-hybridized carbons (Fsp3) is 0.438. The highest BCUT2D eigenvalue weighted by molar-refractivity contribution is 7.16. The Morgan fingerprint density at radius 3 is 2.71 bits per heavy atom. The first-order valence-electron chi connectivity index (χ1n) is 7.31. The Kier molecular flexibility index (Phi) is 2.95. The van der Waals surface area contributed by atoms with Crippen LogP contribution >= 0.6 is 22.9 Å². The Hall–Kier alpha value is -1.26. The van der Waals surface area contributed by atoms with Gasteiger partial charge in [0, 0.05) is 36.1 Å². The number of halogens is 1. The van der Waals surface area contributed by atoms with Gasteiger partial charge in [-0.1, -0.05) is 11.6 Å². The first-order chi connectivity index (χ1) is 10.1. The number of hydrogen-bond donors (Lipinski definition) is 1. The average molecular weight is 320 g/mol. The van der Waals surface area contributed by atoms with E-state index in [1.807, 2.05) is 13.8 Å². The third-order valence-corrected chi connectivity index (χ3v) is 6.31. The monoisotopic (exact) mass is 319 g/mol. The molecule has 0 spiro atoms. The van der Waals surface area contributed by atoms with Gasteiger partial charge in [-0.15, -0.1) is 11.3 Å². The summed E-state index contributed by atoms with van der Waals surface area (Å²) in [5.74, 6) is 1.86. The average Bonchev–Trinajstić information content (AvgIpc) is 2.92. The Morgan fingerprint density at radius 1 is 1.33 bits per heavy atom. The van der Waals surface area contributed by atoms with E-state index in [0.717, 1.165) is 43.6 Å². The van der Waals surface area contributed by atoms with Gasteiger partial charge >= 0.3 is 0 Å². The Balaban J connectivity index is 1.94. The van der Waals surface area contributed by atoms with Crippen LogP contribution in [0.1, 0.15) is 17.7 Å². The van der Waals surface area contributed by atoms with Gasteiger partial charge in [-0.2, -0.15) is 0 Å². The van der Waals surface area contributed by atoms with Crippen molar-refractivity contribution in [3.8, 4) is 0 Å². The predicted molar refractivity (Wildman–Crippen MR) is 89.6 cm³/mol. The largest absolute Gasteiger partial charge is 0.404 e. The summed E-state index contributed by atoms with van der Waals surface area (Å²) in [4.78, 5) is 8.10. The molecule has 2 atom stereocenters. The summed E-state index contributed by atoms with van der Waals surface area (Å²) in [6.45, 7) is 6.38. The number of thiophene rings is 1. The minimum absolute atomic E-state index is 0.748. The number of fused-ring (bicyclic) bond motifs is 2. The first-order valence-corrected chi connectivity index (χ1v) is 8.51.